The van der Waals surface area contributed by atoms with E-state index in [0.717, 1.165) is 35.5 Å². The third-order valence-corrected chi connectivity index (χ3v) is 2.63. The van der Waals surface area contributed by atoms with Crippen LogP contribution < -0.4 is 10.1 Å². The van der Waals surface area contributed by atoms with Crippen molar-refractivity contribution in [2.24, 2.45) is 5.92 Å². The highest BCUT2D eigenvalue weighted by Crippen LogP contribution is 2.20. The molecule has 0 saturated carbocycles. The van der Waals surface area contributed by atoms with Gasteiger partial charge in [-0.05, 0) is 41.4 Å². The average molecular weight is 287 g/mol. The molecular formula is C12H19BrN2O. The Morgan fingerprint density at radius 3 is 2.88 bits per heavy atom. The second-order valence-electron chi connectivity index (χ2n) is 4.18. The molecule has 1 aromatic rings. The molecule has 16 heavy (non-hydrogen) atoms. The van der Waals surface area contributed by atoms with E-state index in [-0.39, 0.29) is 0 Å². The van der Waals surface area contributed by atoms with Gasteiger partial charge in [0.15, 0.2) is 0 Å². The highest BCUT2D eigenvalue weighted by atomic mass is 79.9. The number of rotatable bonds is 6. The summed E-state index contributed by atoms with van der Waals surface area (Å²) >= 11 is 3.41. The number of nitrogens with zero attached hydrogens (tertiary/aromatic N) is 1. The smallest absolute Gasteiger partial charge is 0.217 e. The molecule has 0 aliphatic heterocycles. The van der Waals surface area contributed by atoms with Crippen molar-refractivity contribution in [2.75, 3.05) is 13.7 Å². The lowest BCUT2D eigenvalue weighted by atomic mass is 10.1. The van der Waals surface area contributed by atoms with Crippen LogP contribution in [0.2, 0.25) is 0 Å². The summed E-state index contributed by atoms with van der Waals surface area (Å²) in [6.07, 6.45) is 2.82. The number of ether oxygens (including phenoxy) is 1. The zero-order chi connectivity index (χ0) is 12.0. The largest absolute Gasteiger partial charge is 0.477 e. The first kappa shape index (κ1) is 13.5. The quantitative estimate of drug-likeness (QED) is 0.873. The predicted molar refractivity (Wildman–Crippen MR) is 69.7 cm³/mol. The van der Waals surface area contributed by atoms with E-state index < -0.39 is 0 Å². The molecule has 0 amide bonds. The van der Waals surface area contributed by atoms with Gasteiger partial charge in [-0.1, -0.05) is 13.8 Å². The van der Waals surface area contributed by atoms with Crippen molar-refractivity contribution in [3.8, 4) is 5.88 Å². The van der Waals surface area contributed by atoms with E-state index in [1.165, 1.54) is 0 Å². The first-order valence-corrected chi connectivity index (χ1v) is 6.34. The molecular weight excluding hydrogens is 268 g/mol. The summed E-state index contributed by atoms with van der Waals surface area (Å²) in [4.78, 5) is 4.28. The van der Waals surface area contributed by atoms with Crippen molar-refractivity contribution < 1.29 is 4.74 Å². The minimum atomic E-state index is 0.656. The third-order valence-electron chi connectivity index (χ3n) is 2.19. The van der Waals surface area contributed by atoms with E-state index in [4.69, 9.17) is 4.74 Å². The fraction of sp³-hybridized carbons (Fsp3) is 0.583. The molecule has 0 atom stereocenters. The van der Waals surface area contributed by atoms with Crippen molar-refractivity contribution in [3.63, 3.8) is 0 Å². The van der Waals surface area contributed by atoms with E-state index in [2.05, 4.69) is 40.1 Å². The molecule has 1 rings (SSSR count). The molecule has 0 spiro atoms. The number of nitrogens with one attached hydrogen (secondary N) is 1. The van der Waals surface area contributed by atoms with Crippen LogP contribution >= 0.6 is 15.9 Å². The van der Waals surface area contributed by atoms with Crippen molar-refractivity contribution in [3.05, 3.63) is 22.3 Å². The first-order valence-electron chi connectivity index (χ1n) is 5.55. The van der Waals surface area contributed by atoms with E-state index in [9.17, 15) is 0 Å². The Morgan fingerprint density at radius 1 is 1.50 bits per heavy atom. The molecule has 0 fully saturated rings. The van der Waals surface area contributed by atoms with Crippen LogP contribution in [0.4, 0.5) is 0 Å². The summed E-state index contributed by atoms with van der Waals surface area (Å²) < 4.78 is 6.66. The van der Waals surface area contributed by atoms with Gasteiger partial charge in [-0.2, -0.15) is 0 Å². The summed E-state index contributed by atoms with van der Waals surface area (Å²) in [5.41, 5.74) is 1.08. The van der Waals surface area contributed by atoms with E-state index in [0.29, 0.717) is 5.92 Å². The van der Waals surface area contributed by atoms with Gasteiger partial charge < -0.3 is 10.1 Å². The van der Waals surface area contributed by atoms with Crippen LogP contribution in [0.1, 0.15) is 25.8 Å². The molecule has 0 saturated heterocycles. The number of halogens is 1. The van der Waals surface area contributed by atoms with E-state index >= 15 is 0 Å². The molecule has 0 aromatic carbocycles. The maximum atomic E-state index is 5.68. The lowest BCUT2D eigenvalue weighted by Crippen LogP contribution is -2.10. The fourth-order valence-electron chi connectivity index (χ4n) is 1.31. The molecule has 0 unspecified atom stereocenters. The molecule has 0 aliphatic carbocycles. The van der Waals surface area contributed by atoms with Crippen LogP contribution in [0, 0.1) is 5.92 Å². The molecule has 1 heterocycles. The molecule has 90 valence electrons. The summed E-state index contributed by atoms with van der Waals surface area (Å²) in [5, 5.41) is 3.11. The zero-order valence-corrected chi connectivity index (χ0v) is 11.7. The number of pyridine rings is 1. The Morgan fingerprint density at radius 2 is 2.25 bits per heavy atom. The van der Waals surface area contributed by atoms with Crippen LogP contribution in [-0.2, 0) is 6.54 Å². The van der Waals surface area contributed by atoms with Gasteiger partial charge in [0, 0.05) is 22.8 Å². The van der Waals surface area contributed by atoms with Gasteiger partial charge >= 0.3 is 0 Å². The zero-order valence-electron chi connectivity index (χ0n) is 10.1. The molecule has 1 N–H and O–H groups in total. The maximum absolute atomic E-state index is 5.68. The Balaban J connectivity index is 2.63. The molecule has 4 heteroatoms. The highest BCUT2D eigenvalue weighted by Gasteiger charge is 2.06. The minimum absolute atomic E-state index is 0.656. The average Bonchev–Trinajstić information content (AvgIpc) is 2.21. The standard InChI is InChI=1S/C12H19BrN2O/c1-9(2)4-5-16-12-10(7-14-3)6-11(13)8-15-12/h6,8-9,14H,4-5,7H2,1-3H3. The van der Waals surface area contributed by atoms with Crippen LogP contribution in [0.5, 0.6) is 5.88 Å². The number of aromatic nitrogens is 1. The lowest BCUT2D eigenvalue weighted by Gasteiger charge is -2.11. The van der Waals surface area contributed by atoms with Crippen LogP contribution in [0.3, 0.4) is 0 Å². The van der Waals surface area contributed by atoms with Crippen molar-refractivity contribution in [2.45, 2.75) is 26.8 Å². The van der Waals surface area contributed by atoms with Crippen molar-refractivity contribution >= 4 is 15.9 Å². The Kier molecular flexibility index (Phi) is 5.77. The summed E-state index contributed by atoms with van der Waals surface area (Å²) in [6.45, 7) is 5.87. The topological polar surface area (TPSA) is 34.2 Å². The Hall–Kier alpha value is -0.610. The fourth-order valence-corrected chi connectivity index (χ4v) is 1.69. The van der Waals surface area contributed by atoms with E-state index in [1.807, 2.05) is 13.1 Å². The predicted octanol–water partition coefficient (Wildman–Crippen LogP) is 2.99. The summed E-state index contributed by atoms with van der Waals surface area (Å²) in [7, 11) is 1.92. The van der Waals surface area contributed by atoms with Gasteiger partial charge in [0.25, 0.3) is 0 Å². The molecule has 0 bridgehead atoms. The van der Waals surface area contributed by atoms with E-state index in [1.54, 1.807) is 6.20 Å². The second-order valence-corrected chi connectivity index (χ2v) is 5.09. The number of hydrogen-bond acceptors (Lipinski definition) is 3. The second kappa shape index (κ2) is 6.86. The molecule has 0 radical (unpaired) electrons. The van der Waals surface area contributed by atoms with Gasteiger partial charge in [-0.3, -0.25) is 0 Å². The number of hydrogen-bond donors (Lipinski definition) is 1. The lowest BCUT2D eigenvalue weighted by molar-refractivity contribution is 0.276. The molecule has 0 aliphatic rings. The Labute approximate surface area is 106 Å². The normalized spacial score (nSPS) is 10.8. The third kappa shape index (κ3) is 4.49. The molecule has 3 nitrogen and oxygen atoms in total. The summed E-state index contributed by atoms with van der Waals surface area (Å²) in [5.74, 6) is 1.39. The maximum Gasteiger partial charge on any atom is 0.217 e. The highest BCUT2D eigenvalue weighted by molar-refractivity contribution is 9.10. The van der Waals surface area contributed by atoms with Crippen LogP contribution in [0.15, 0.2) is 16.7 Å². The van der Waals surface area contributed by atoms with Gasteiger partial charge in [0.05, 0.1) is 6.61 Å². The monoisotopic (exact) mass is 286 g/mol. The first-order chi connectivity index (χ1) is 7.63. The Bertz CT molecular complexity index is 329. The van der Waals surface area contributed by atoms with Gasteiger partial charge in [0.1, 0.15) is 0 Å². The van der Waals surface area contributed by atoms with Gasteiger partial charge in [-0.25, -0.2) is 4.98 Å². The van der Waals surface area contributed by atoms with Gasteiger partial charge in [0.2, 0.25) is 5.88 Å². The van der Waals surface area contributed by atoms with Crippen molar-refractivity contribution in [1.29, 1.82) is 0 Å². The summed E-state index contributed by atoms with van der Waals surface area (Å²) in [6, 6.07) is 2.04. The van der Waals surface area contributed by atoms with Crippen LogP contribution in [-0.4, -0.2) is 18.6 Å². The van der Waals surface area contributed by atoms with Gasteiger partial charge in [-0.15, -0.1) is 0 Å². The van der Waals surface area contributed by atoms with Crippen molar-refractivity contribution in [1.82, 2.24) is 10.3 Å². The van der Waals surface area contributed by atoms with Crippen LogP contribution in [0.25, 0.3) is 0 Å². The SMILES string of the molecule is CNCc1cc(Br)cnc1OCCC(C)C. The molecule has 1 aromatic heterocycles. The minimum Gasteiger partial charge on any atom is -0.477 e.